The number of hydrogen-bond acceptors (Lipinski definition) is 5. The van der Waals surface area contributed by atoms with E-state index >= 15 is 0 Å². The van der Waals surface area contributed by atoms with Gasteiger partial charge in [0.15, 0.2) is 0 Å². The van der Waals surface area contributed by atoms with Crippen LogP contribution in [-0.2, 0) is 17.8 Å². The molecule has 0 unspecified atom stereocenters. The van der Waals surface area contributed by atoms with Crippen LogP contribution < -0.4 is 5.32 Å². The highest BCUT2D eigenvalue weighted by atomic mass is 16.2. The zero-order valence-corrected chi connectivity index (χ0v) is 16.0. The van der Waals surface area contributed by atoms with Gasteiger partial charge < -0.3 is 14.8 Å². The molecule has 7 heteroatoms. The number of hydrogen-bond donors (Lipinski definition) is 1. The van der Waals surface area contributed by atoms with E-state index in [1.54, 1.807) is 0 Å². The largest absolute Gasteiger partial charge is 0.342 e. The first-order chi connectivity index (χ1) is 12.7. The topological polar surface area (TPSA) is 66.3 Å². The maximum Gasteiger partial charge on any atom is 0.236 e. The van der Waals surface area contributed by atoms with Gasteiger partial charge in [0, 0.05) is 39.1 Å². The molecule has 0 aromatic carbocycles. The van der Waals surface area contributed by atoms with Crippen LogP contribution in [0.2, 0.25) is 0 Å². The number of aromatic nitrogens is 3. The van der Waals surface area contributed by atoms with Crippen molar-refractivity contribution in [2.75, 3.05) is 33.2 Å². The van der Waals surface area contributed by atoms with Crippen LogP contribution in [0.25, 0.3) is 0 Å². The average molecular weight is 361 g/mol. The highest BCUT2D eigenvalue weighted by molar-refractivity contribution is 5.78. The SMILES string of the molecule is CN(C(=O)CN1CCc2nnc([C@H]3CCCN3)n2CC1)C1CCCCC1. The predicted molar refractivity (Wildman–Crippen MR) is 99.8 cm³/mol. The Morgan fingerprint density at radius 2 is 1.96 bits per heavy atom. The van der Waals surface area contributed by atoms with Crippen LogP contribution in [-0.4, -0.2) is 69.7 Å². The van der Waals surface area contributed by atoms with Gasteiger partial charge in [-0.25, -0.2) is 0 Å². The van der Waals surface area contributed by atoms with Gasteiger partial charge in [0.2, 0.25) is 5.91 Å². The first kappa shape index (κ1) is 17.9. The number of nitrogens with one attached hydrogen (secondary N) is 1. The fourth-order valence-corrected chi connectivity index (χ4v) is 4.68. The highest BCUT2D eigenvalue weighted by Gasteiger charge is 2.28. The van der Waals surface area contributed by atoms with Gasteiger partial charge >= 0.3 is 0 Å². The molecule has 1 saturated carbocycles. The van der Waals surface area contributed by atoms with Gasteiger partial charge in [-0.1, -0.05) is 19.3 Å². The molecule has 0 spiro atoms. The first-order valence-electron chi connectivity index (χ1n) is 10.4. The summed E-state index contributed by atoms with van der Waals surface area (Å²) in [6.45, 7) is 4.27. The van der Waals surface area contributed by atoms with Gasteiger partial charge in [-0.2, -0.15) is 0 Å². The van der Waals surface area contributed by atoms with Crippen LogP contribution in [0.3, 0.4) is 0 Å². The van der Waals surface area contributed by atoms with Gasteiger partial charge in [-0.05, 0) is 32.2 Å². The van der Waals surface area contributed by atoms with E-state index in [9.17, 15) is 4.79 Å². The first-order valence-corrected chi connectivity index (χ1v) is 10.4. The third-order valence-corrected chi connectivity index (χ3v) is 6.39. The van der Waals surface area contributed by atoms with Crippen LogP contribution in [0.4, 0.5) is 0 Å². The summed E-state index contributed by atoms with van der Waals surface area (Å²) >= 11 is 0. The summed E-state index contributed by atoms with van der Waals surface area (Å²) in [5.41, 5.74) is 0. The summed E-state index contributed by atoms with van der Waals surface area (Å²) in [4.78, 5) is 17.1. The maximum atomic E-state index is 12.7. The Hall–Kier alpha value is -1.47. The predicted octanol–water partition coefficient (Wildman–Crippen LogP) is 1.35. The molecule has 0 bridgehead atoms. The van der Waals surface area contributed by atoms with E-state index in [0.29, 0.717) is 18.6 Å². The molecule has 1 aliphatic carbocycles. The summed E-state index contributed by atoms with van der Waals surface area (Å²) in [6.07, 6.45) is 9.41. The van der Waals surface area contributed by atoms with Crippen LogP contribution in [0.5, 0.6) is 0 Å². The van der Waals surface area contributed by atoms with Crippen molar-refractivity contribution >= 4 is 5.91 Å². The molecular formula is C19H32N6O. The quantitative estimate of drug-likeness (QED) is 0.878. The van der Waals surface area contributed by atoms with Crippen molar-refractivity contribution in [3.05, 3.63) is 11.6 Å². The summed E-state index contributed by atoms with van der Waals surface area (Å²) < 4.78 is 2.29. The van der Waals surface area contributed by atoms with Crippen molar-refractivity contribution in [3.63, 3.8) is 0 Å². The van der Waals surface area contributed by atoms with E-state index in [4.69, 9.17) is 0 Å². The zero-order chi connectivity index (χ0) is 17.9. The number of carbonyl (C=O) groups is 1. The number of amides is 1. The molecule has 1 aromatic heterocycles. The van der Waals surface area contributed by atoms with E-state index in [2.05, 4.69) is 25.0 Å². The molecule has 3 heterocycles. The third-order valence-electron chi connectivity index (χ3n) is 6.39. The Morgan fingerprint density at radius 3 is 2.73 bits per heavy atom. The van der Waals surface area contributed by atoms with E-state index in [1.807, 2.05) is 11.9 Å². The summed E-state index contributed by atoms with van der Waals surface area (Å²) in [5.74, 6) is 2.43. The molecule has 0 radical (unpaired) electrons. The van der Waals surface area contributed by atoms with E-state index in [0.717, 1.165) is 50.7 Å². The van der Waals surface area contributed by atoms with Gasteiger partial charge in [-0.15, -0.1) is 10.2 Å². The Morgan fingerprint density at radius 1 is 1.12 bits per heavy atom. The summed E-state index contributed by atoms with van der Waals surface area (Å²) in [5, 5.41) is 12.4. The van der Waals surface area contributed by atoms with E-state index < -0.39 is 0 Å². The van der Waals surface area contributed by atoms with Crippen LogP contribution in [0.15, 0.2) is 0 Å². The minimum atomic E-state index is 0.271. The van der Waals surface area contributed by atoms with Crippen molar-refractivity contribution < 1.29 is 4.79 Å². The van der Waals surface area contributed by atoms with Gasteiger partial charge in [0.1, 0.15) is 11.6 Å². The fourth-order valence-electron chi connectivity index (χ4n) is 4.68. The lowest BCUT2D eigenvalue weighted by molar-refractivity contribution is -0.133. The Balaban J connectivity index is 1.34. The minimum Gasteiger partial charge on any atom is -0.342 e. The Kier molecular flexibility index (Phi) is 5.55. The maximum absolute atomic E-state index is 12.7. The Labute approximate surface area is 156 Å². The zero-order valence-electron chi connectivity index (χ0n) is 16.0. The molecule has 3 aliphatic rings. The molecule has 1 atom stereocenters. The minimum absolute atomic E-state index is 0.271. The molecule has 1 saturated heterocycles. The fraction of sp³-hybridized carbons (Fsp3) is 0.842. The smallest absolute Gasteiger partial charge is 0.236 e. The number of nitrogens with zero attached hydrogens (tertiary/aromatic N) is 5. The number of carbonyl (C=O) groups excluding carboxylic acids is 1. The molecule has 144 valence electrons. The molecule has 1 amide bonds. The van der Waals surface area contributed by atoms with Gasteiger partial charge in [-0.3, -0.25) is 9.69 Å². The standard InChI is InChI=1S/C19H32N6O/c1-23(15-6-3-2-4-7-15)18(26)14-24-11-9-17-21-22-19(25(17)13-12-24)16-8-5-10-20-16/h15-16,20H,2-14H2,1H3/t16-/m1/s1. The molecule has 1 N–H and O–H groups in total. The second kappa shape index (κ2) is 8.05. The van der Waals surface area contributed by atoms with Crippen LogP contribution in [0, 0.1) is 0 Å². The molecular weight excluding hydrogens is 328 g/mol. The van der Waals surface area contributed by atoms with Crippen LogP contribution >= 0.6 is 0 Å². The van der Waals surface area contributed by atoms with Crippen LogP contribution in [0.1, 0.15) is 62.6 Å². The second-order valence-electron chi connectivity index (χ2n) is 8.10. The molecule has 26 heavy (non-hydrogen) atoms. The Bertz CT molecular complexity index is 618. The number of fused-ring (bicyclic) bond motifs is 1. The van der Waals surface area contributed by atoms with Gasteiger partial charge in [0.05, 0.1) is 12.6 Å². The van der Waals surface area contributed by atoms with Crippen molar-refractivity contribution in [3.8, 4) is 0 Å². The average Bonchev–Trinajstić information content (AvgIpc) is 3.29. The van der Waals surface area contributed by atoms with Crippen molar-refractivity contribution in [1.29, 1.82) is 0 Å². The van der Waals surface area contributed by atoms with E-state index in [-0.39, 0.29) is 5.91 Å². The molecule has 7 nitrogen and oxygen atoms in total. The molecule has 2 aliphatic heterocycles. The lowest BCUT2D eigenvalue weighted by Gasteiger charge is -2.32. The second-order valence-corrected chi connectivity index (χ2v) is 8.10. The lowest BCUT2D eigenvalue weighted by atomic mass is 9.94. The monoisotopic (exact) mass is 360 g/mol. The van der Waals surface area contributed by atoms with E-state index in [1.165, 1.54) is 38.5 Å². The lowest BCUT2D eigenvalue weighted by Crippen LogP contribution is -2.44. The number of likely N-dealkylation sites (N-methyl/N-ethyl adjacent to an activating group) is 1. The molecule has 4 rings (SSSR count). The number of rotatable bonds is 4. The van der Waals surface area contributed by atoms with Crippen molar-refractivity contribution in [2.24, 2.45) is 0 Å². The third kappa shape index (κ3) is 3.78. The van der Waals surface area contributed by atoms with Crippen molar-refractivity contribution in [1.82, 2.24) is 29.9 Å². The van der Waals surface area contributed by atoms with Gasteiger partial charge in [0.25, 0.3) is 0 Å². The summed E-state index contributed by atoms with van der Waals surface area (Å²) in [7, 11) is 2.00. The highest BCUT2D eigenvalue weighted by Crippen LogP contribution is 2.24. The normalized spacial score (nSPS) is 25.0. The van der Waals surface area contributed by atoms with Crippen molar-refractivity contribution in [2.45, 2.75) is 70.0 Å². The molecule has 2 fully saturated rings. The summed E-state index contributed by atoms with van der Waals surface area (Å²) in [6, 6.07) is 0.796. The molecule has 1 aromatic rings.